The van der Waals surface area contributed by atoms with E-state index in [-0.39, 0.29) is 12.2 Å². The summed E-state index contributed by atoms with van der Waals surface area (Å²) in [5, 5.41) is 5.66. The molecule has 2 rings (SSSR count). The zero-order chi connectivity index (χ0) is 22.9. The summed E-state index contributed by atoms with van der Waals surface area (Å²) in [5.41, 5.74) is 0.949. The minimum Gasteiger partial charge on any atom is -0.496 e. The van der Waals surface area contributed by atoms with Gasteiger partial charge >= 0.3 is 12.1 Å². The van der Waals surface area contributed by atoms with Gasteiger partial charge in [0, 0.05) is 24.9 Å². The quantitative estimate of drug-likeness (QED) is 0.576. The Balaban J connectivity index is 1.97. The highest BCUT2D eigenvalue weighted by atomic mass is 16.6. The molecule has 8 heteroatoms. The summed E-state index contributed by atoms with van der Waals surface area (Å²) >= 11 is 0. The maximum Gasteiger partial charge on any atom is 0.411 e. The highest BCUT2D eigenvalue weighted by Crippen LogP contribution is 2.25. The fourth-order valence-corrected chi connectivity index (χ4v) is 2.58. The second-order valence-electron chi connectivity index (χ2n) is 7.71. The van der Waals surface area contributed by atoms with Crippen LogP contribution in [-0.4, -0.2) is 36.3 Å². The number of hydrogen-bond acceptors (Lipinski definition) is 7. The van der Waals surface area contributed by atoms with Crippen molar-refractivity contribution < 1.29 is 23.8 Å². The monoisotopic (exact) mass is 427 g/mol. The van der Waals surface area contributed by atoms with Crippen molar-refractivity contribution in [2.75, 3.05) is 19.0 Å². The maximum atomic E-state index is 12.7. The van der Waals surface area contributed by atoms with Gasteiger partial charge in [0.25, 0.3) is 0 Å². The van der Waals surface area contributed by atoms with Crippen LogP contribution in [0.1, 0.15) is 43.1 Å². The van der Waals surface area contributed by atoms with Crippen molar-refractivity contribution in [3.63, 3.8) is 0 Å². The molecule has 8 nitrogen and oxygen atoms in total. The molecule has 0 unspecified atom stereocenters. The van der Waals surface area contributed by atoms with E-state index in [1.165, 1.54) is 13.3 Å². The van der Waals surface area contributed by atoms with Gasteiger partial charge in [0.1, 0.15) is 29.3 Å². The van der Waals surface area contributed by atoms with E-state index in [4.69, 9.17) is 14.2 Å². The molecular weight excluding hydrogens is 398 g/mol. The average molecular weight is 428 g/mol. The predicted molar refractivity (Wildman–Crippen MR) is 118 cm³/mol. The molecule has 0 saturated heterocycles. The summed E-state index contributed by atoms with van der Waals surface area (Å²) < 4.78 is 15.9. The van der Waals surface area contributed by atoms with Crippen LogP contribution in [0.5, 0.6) is 5.75 Å². The summed E-state index contributed by atoms with van der Waals surface area (Å²) in [6.45, 7) is 9.67. The largest absolute Gasteiger partial charge is 0.496 e. The molecule has 0 saturated carbocycles. The number of hydrogen-bond donors (Lipinski definition) is 2. The lowest BCUT2D eigenvalue weighted by molar-refractivity contribution is 0.0468. The molecule has 1 aromatic heterocycles. The minimum atomic E-state index is -0.595. The van der Waals surface area contributed by atoms with Crippen LogP contribution in [0.15, 0.2) is 54.9 Å². The zero-order valence-electron chi connectivity index (χ0n) is 18.4. The topological polar surface area (TPSA) is 98.8 Å². The number of methoxy groups -OCH3 is 1. The molecule has 166 valence electrons. The predicted octanol–water partition coefficient (Wildman–Crippen LogP) is 4.29. The van der Waals surface area contributed by atoms with E-state index in [0.29, 0.717) is 30.2 Å². The standard InChI is InChI=1S/C23H29N3O5/c1-16(26-22(28)31-23(2,3)4)11-13-24-20-19(18(29-5)12-14-25-20)21(27)30-15-17-9-7-6-8-10-17/h6-10,12,14H,1,11,13,15H2,2-5H3,(H,24,25)(H,26,28). The number of pyridine rings is 1. The highest BCUT2D eigenvalue weighted by molar-refractivity contribution is 5.97. The first-order valence-corrected chi connectivity index (χ1v) is 9.85. The minimum absolute atomic E-state index is 0.133. The number of esters is 1. The number of carbonyl (C=O) groups is 2. The van der Waals surface area contributed by atoms with Gasteiger partial charge in [0.15, 0.2) is 0 Å². The van der Waals surface area contributed by atoms with E-state index in [0.717, 1.165) is 5.56 Å². The van der Waals surface area contributed by atoms with Crippen LogP contribution < -0.4 is 15.4 Å². The Bertz CT molecular complexity index is 907. The third-order valence-electron chi connectivity index (χ3n) is 3.95. The number of carbonyl (C=O) groups excluding carboxylic acids is 2. The van der Waals surface area contributed by atoms with Crippen molar-refractivity contribution in [3.8, 4) is 5.75 Å². The van der Waals surface area contributed by atoms with Crippen LogP contribution in [0.4, 0.5) is 10.6 Å². The first-order chi connectivity index (χ1) is 14.7. The smallest absolute Gasteiger partial charge is 0.411 e. The second kappa shape index (κ2) is 11.0. The third-order valence-corrected chi connectivity index (χ3v) is 3.95. The molecular formula is C23H29N3O5. The van der Waals surface area contributed by atoms with Crippen molar-refractivity contribution >= 4 is 17.9 Å². The van der Waals surface area contributed by atoms with E-state index in [2.05, 4.69) is 22.2 Å². The Morgan fingerprint density at radius 3 is 2.48 bits per heavy atom. The molecule has 0 fully saturated rings. The molecule has 0 atom stereocenters. The number of aromatic nitrogens is 1. The summed E-state index contributed by atoms with van der Waals surface area (Å²) in [4.78, 5) is 28.8. The number of nitrogens with one attached hydrogen (secondary N) is 2. The SMILES string of the molecule is C=C(CCNc1nccc(OC)c1C(=O)OCc1ccccc1)NC(=O)OC(C)(C)C. The van der Waals surface area contributed by atoms with Crippen LogP contribution >= 0.6 is 0 Å². The number of nitrogens with zero attached hydrogens (tertiary/aromatic N) is 1. The van der Waals surface area contributed by atoms with E-state index < -0.39 is 17.7 Å². The van der Waals surface area contributed by atoms with Gasteiger partial charge in [0.05, 0.1) is 7.11 Å². The van der Waals surface area contributed by atoms with Gasteiger partial charge in [-0.2, -0.15) is 0 Å². The average Bonchev–Trinajstić information content (AvgIpc) is 2.71. The van der Waals surface area contributed by atoms with Crippen molar-refractivity contribution in [2.24, 2.45) is 0 Å². The summed E-state index contributed by atoms with van der Waals surface area (Å²) in [6, 6.07) is 11.0. The van der Waals surface area contributed by atoms with E-state index in [1.54, 1.807) is 26.8 Å². The Morgan fingerprint density at radius 1 is 1.13 bits per heavy atom. The lowest BCUT2D eigenvalue weighted by Gasteiger charge is -2.20. The van der Waals surface area contributed by atoms with Crippen LogP contribution in [0.25, 0.3) is 0 Å². The molecule has 0 aliphatic carbocycles. The highest BCUT2D eigenvalue weighted by Gasteiger charge is 2.21. The molecule has 0 radical (unpaired) electrons. The van der Waals surface area contributed by atoms with Crippen LogP contribution in [0, 0.1) is 0 Å². The lowest BCUT2D eigenvalue weighted by Crippen LogP contribution is -2.32. The number of amides is 1. The number of benzene rings is 1. The molecule has 0 aliphatic heterocycles. The van der Waals surface area contributed by atoms with Crippen molar-refractivity contribution in [1.29, 1.82) is 0 Å². The van der Waals surface area contributed by atoms with Crippen LogP contribution in [0.2, 0.25) is 0 Å². The molecule has 1 aromatic carbocycles. The number of ether oxygens (including phenoxy) is 3. The van der Waals surface area contributed by atoms with Gasteiger partial charge in [-0.3, -0.25) is 5.32 Å². The van der Waals surface area contributed by atoms with E-state index in [1.807, 2.05) is 30.3 Å². The molecule has 0 aliphatic rings. The van der Waals surface area contributed by atoms with Crippen LogP contribution in [-0.2, 0) is 16.1 Å². The number of anilines is 1. The number of alkyl carbamates (subject to hydrolysis) is 1. The fourth-order valence-electron chi connectivity index (χ4n) is 2.58. The molecule has 0 spiro atoms. The molecule has 31 heavy (non-hydrogen) atoms. The van der Waals surface area contributed by atoms with E-state index >= 15 is 0 Å². The fraction of sp³-hybridized carbons (Fsp3) is 0.348. The van der Waals surface area contributed by atoms with Gasteiger partial charge in [-0.1, -0.05) is 36.9 Å². The Hall–Kier alpha value is -3.55. The Morgan fingerprint density at radius 2 is 1.84 bits per heavy atom. The normalized spacial score (nSPS) is 10.7. The number of rotatable bonds is 9. The Labute approximate surface area is 182 Å². The van der Waals surface area contributed by atoms with Gasteiger partial charge in [-0.05, 0) is 32.4 Å². The van der Waals surface area contributed by atoms with Gasteiger partial charge < -0.3 is 19.5 Å². The third kappa shape index (κ3) is 8.00. The van der Waals surface area contributed by atoms with Gasteiger partial charge in [-0.15, -0.1) is 0 Å². The Kier molecular flexibility index (Phi) is 8.43. The first kappa shape index (κ1) is 23.7. The summed E-state index contributed by atoms with van der Waals surface area (Å²) in [7, 11) is 1.47. The van der Waals surface area contributed by atoms with Crippen molar-refractivity contribution in [3.05, 3.63) is 66.0 Å². The summed E-state index contributed by atoms with van der Waals surface area (Å²) in [5.74, 6) is 0.116. The first-order valence-electron chi connectivity index (χ1n) is 9.85. The van der Waals surface area contributed by atoms with Crippen molar-refractivity contribution in [2.45, 2.75) is 39.4 Å². The molecule has 1 heterocycles. The lowest BCUT2D eigenvalue weighted by atomic mass is 10.2. The molecule has 0 bridgehead atoms. The van der Waals surface area contributed by atoms with Gasteiger partial charge in [-0.25, -0.2) is 14.6 Å². The second-order valence-corrected chi connectivity index (χ2v) is 7.71. The van der Waals surface area contributed by atoms with Crippen molar-refractivity contribution in [1.82, 2.24) is 10.3 Å². The zero-order valence-corrected chi connectivity index (χ0v) is 18.4. The molecule has 2 N–H and O–H groups in total. The molecule has 1 amide bonds. The van der Waals surface area contributed by atoms with Gasteiger partial charge in [0.2, 0.25) is 0 Å². The van der Waals surface area contributed by atoms with E-state index in [9.17, 15) is 9.59 Å². The van der Waals surface area contributed by atoms with Crippen LogP contribution in [0.3, 0.4) is 0 Å². The molecule has 2 aromatic rings. The maximum absolute atomic E-state index is 12.7. The summed E-state index contributed by atoms with van der Waals surface area (Å²) in [6.07, 6.45) is 1.36.